The molecule has 0 aromatic carbocycles. The third-order valence-electron chi connectivity index (χ3n) is 1.43. The van der Waals surface area contributed by atoms with Crippen LogP contribution >= 0.6 is 0 Å². The molecule has 0 amide bonds. The Kier molecular flexibility index (Phi) is 4.91. The Labute approximate surface area is 63.1 Å². The smallest absolute Gasteiger partial charge is 0.152 e. The van der Waals surface area contributed by atoms with Crippen molar-refractivity contribution in [3.05, 3.63) is 11.6 Å². The van der Waals surface area contributed by atoms with Gasteiger partial charge in [0.25, 0.3) is 0 Å². The third-order valence-corrected chi connectivity index (χ3v) is 1.43. The van der Waals surface area contributed by atoms with E-state index >= 15 is 0 Å². The van der Waals surface area contributed by atoms with Gasteiger partial charge in [0, 0.05) is 0 Å². The van der Waals surface area contributed by atoms with E-state index in [0.29, 0.717) is 0 Å². The molecular formula is C9H16O. The molecule has 0 aliphatic carbocycles. The van der Waals surface area contributed by atoms with Gasteiger partial charge in [-0.1, -0.05) is 25.8 Å². The molecular weight excluding hydrogens is 124 g/mol. The van der Waals surface area contributed by atoms with E-state index in [1.807, 2.05) is 0 Å². The number of allylic oxidation sites excluding steroid dienone is 2. The van der Waals surface area contributed by atoms with Crippen molar-refractivity contribution in [3.63, 3.8) is 0 Å². The van der Waals surface area contributed by atoms with Crippen molar-refractivity contribution in [2.45, 2.75) is 40.0 Å². The highest BCUT2D eigenvalue weighted by Gasteiger charge is 1.93. The van der Waals surface area contributed by atoms with E-state index in [0.717, 1.165) is 19.3 Å². The molecule has 0 aromatic rings. The maximum absolute atomic E-state index is 10.6. The minimum Gasteiger partial charge on any atom is -0.295 e. The average Bonchev–Trinajstić information content (AvgIpc) is 1.86. The molecule has 0 bridgehead atoms. The summed E-state index contributed by atoms with van der Waals surface area (Å²) in [5.41, 5.74) is 1.27. The number of rotatable bonds is 4. The SMILES string of the molecule is CCCC(=CC(C)=O)CC. The molecule has 1 heteroatoms. The van der Waals surface area contributed by atoms with Gasteiger partial charge in [0.1, 0.15) is 0 Å². The van der Waals surface area contributed by atoms with Gasteiger partial charge < -0.3 is 0 Å². The lowest BCUT2D eigenvalue weighted by atomic mass is 10.1. The van der Waals surface area contributed by atoms with Crippen molar-refractivity contribution in [2.24, 2.45) is 0 Å². The molecule has 0 fully saturated rings. The van der Waals surface area contributed by atoms with Gasteiger partial charge in [-0.15, -0.1) is 0 Å². The maximum Gasteiger partial charge on any atom is 0.152 e. The van der Waals surface area contributed by atoms with Crippen LogP contribution in [0.3, 0.4) is 0 Å². The minimum absolute atomic E-state index is 0.172. The van der Waals surface area contributed by atoms with Crippen molar-refractivity contribution in [1.82, 2.24) is 0 Å². The quantitative estimate of drug-likeness (QED) is 0.549. The monoisotopic (exact) mass is 140 g/mol. The zero-order valence-corrected chi connectivity index (χ0v) is 7.11. The van der Waals surface area contributed by atoms with Gasteiger partial charge in [0.05, 0.1) is 0 Å². The first-order chi connectivity index (χ1) is 4.70. The Bertz CT molecular complexity index is 134. The first-order valence-electron chi connectivity index (χ1n) is 3.90. The van der Waals surface area contributed by atoms with Crippen molar-refractivity contribution in [2.75, 3.05) is 0 Å². The van der Waals surface area contributed by atoms with Crippen LogP contribution in [-0.2, 0) is 4.79 Å². The summed E-state index contributed by atoms with van der Waals surface area (Å²) >= 11 is 0. The van der Waals surface area contributed by atoms with Crippen molar-refractivity contribution in [1.29, 1.82) is 0 Å². The molecule has 0 atom stereocenters. The molecule has 0 saturated carbocycles. The van der Waals surface area contributed by atoms with Crippen LogP contribution in [0.1, 0.15) is 40.0 Å². The summed E-state index contributed by atoms with van der Waals surface area (Å²) in [6.07, 6.45) is 4.96. The van der Waals surface area contributed by atoms with Crippen LogP contribution in [0.25, 0.3) is 0 Å². The predicted molar refractivity (Wildman–Crippen MR) is 44.0 cm³/mol. The number of carbonyl (C=O) groups is 1. The molecule has 0 heterocycles. The van der Waals surface area contributed by atoms with Gasteiger partial charge in [-0.05, 0) is 25.8 Å². The lowest BCUT2D eigenvalue weighted by molar-refractivity contribution is -0.112. The summed E-state index contributed by atoms with van der Waals surface area (Å²) in [7, 11) is 0. The Morgan fingerprint density at radius 3 is 2.30 bits per heavy atom. The number of hydrogen-bond donors (Lipinski definition) is 0. The second-order valence-corrected chi connectivity index (χ2v) is 2.52. The Hall–Kier alpha value is -0.590. The Morgan fingerprint density at radius 1 is 1.40 bits per heavy atom. The molecule has 58 valence electrons. The van der Waals surface area contributed by atoms with Crippen LogP contribution in [-0.4, -0.2) is 5.78 Å². The lowest BCUT2D eigenvalue weighted by Gasteiger charge is -1.98. The van der Waals surface area contributed by atoms with Crippen LogP contribution < -0.4 is 0 Å². The van der Waals surface area contributed by atoms with Crippen LogP contribution in [0.15, 0.2) is 11.6 Å². The fourth-order valence-electron chi connectivity index (χ4n) is 0.960. The Morgan fingerprint density at radius 2 is 2.00 bits per heavy atom. The first-order valence-corrected chi connectivity index (χ1v) is 3.90. The molecule has 0 N–H and O–H groups in total. The van der Waals surface area contributed by atoms with Gasteiger partial charge in [0.2, 0.25) is 0 Å². The fourth-order valence-corrected chi connectivity index (χ4v) is 0.960. The highest BCUT2D eigenvalue weighted by atomic mass is 16.1. The molecule has 0 aliphatic heterocycles. The van der Waals surface area contributed by atoms with Crippen molar-refractivity contribution in [3.8, 4) is 0 Å². The molecule has 10 heavy (non-hydrogen) atoms. The van der Waals surface area contributed by atoms with Crippen LogP contribution in [0.4, 0.5) is 0 Å². The van der Waals surface area contributed by atoms with Crippen LogP contribution in [0.2, 0.25) is 0 Å². The van der Waals surface area contributed by atoms with Gasteiger partial charge in [0.15, 0.2) is 5.78 Å². The van der Waals surface area contributed by atoms with Gasteiger partial charge in [-0.25, -0.2) is 0 Å². The van der Waals surface area contributed by atoms with E-state index < -0.39 is 0 Å². The van der Waals surface area contributed by atoms with Gasteiger partial charge >= 0.3 is 0 Å². The Balaban J connectivity index is 3.91. The normalized spacial score (nSPS) is 11.7. The first kappa shape index (κ1) is 9.41. The van der Waals surface area contributed by atoms with E-state index in [9.17, 15) is 4.79 Å². The van der Waals surface area contributed by atoms with Crippen molar-refractivity contribution >= 4 is 5.78 Å². The van der Waals surface area contributed by atoms with Crippen LogP contribution in [0, 0.1) is 0 Å². The predicted octanol–water partition coefficient (Wildman–Crippen LogP) is 2.71. The zero-order valence-electron chi connectivity index (χ0n) is 7.11. The standard InChI is InChI=1S/C9H16O/c1-4-6-9(5-2)7-8(3)10/h7H,4-6H2,1-3H3. The molecule has 0 aliphatic rings. The van der Waals surface area contributed by atoms with E-state index in [2.05, 4.69) is 13.8 Å². The largest absolute Gasteiger partial charge is 0.295 e. The molecule has 0 aromatic heterocycles. The maximum atomic E-state index is 10.6. The highest BCUT2D eigenvalue weighted by Crippen LogP contribution is 2.08. The van der Waals surface area contributed by atoms with E-state index in [-0.39, 0.29) is 5.78 Å². The highest BCUT2D eigenvalue weighted by molar-refractivity contribution is 5.87. The van der Waals surface area contributed by atoms with E-state index in [1.165, 1.54) is 5.57 Å². The second-order valence-electron chi connectivity index (χ2n) is 2.52. The summed E-state index contributed by atoms with van der Waals surface area (Å²) < 4.78 is 0. The molecule has 1 nitrogen and oxygen atoms in total. The summed E-state index contributed by atoms with van der Waals surface area (Å²) in [5.74, 6) is 0.172. The number of hydrogen-bond acceptors (Lipinski definition) is 1. The summed E-state index contributed by atoms with van der Waals surface area (Å²) in [4.78, 5) is 10.6. The topological polar surface area (TPSA) is 17.1 Å². The van der Waals surface area contributed by atoms with Crippen LogP contribution in [0.5, 0.6) is 0 Å². The molecule has 0 spiro atoms. The lowest BCUT2D eigenvalue weighted by Crippen LogP contribution is -1.87. The average molecular weight is 140 g/mol. The summed E-state index contributed by atoms with van der Waals surface area (Å²) in [5, 5.41) is 0. The molecule has 0 rings (SSSR count). The fraction of sp³-hybridized carbons (Fsp3) is 0.667. The number of carbonyl (C=O) groups excluding carboxylic acids is 1. The minimum atomic E-state index is 0.172. The zero-order chi connectivity index (χ0) is 7.98. The van der Waals surface area contributed by atoms with E-state index in [4.69, 9.17) is 0 Å². The third kappa shape index (κ3) is 4.30. The second kappa shape index (κ2) is 5.21. The van der Waals surface area contributed by atoms with Gasteiger partial charge in [-0.3, -0.25) is 4.79 Å². The summed E-state index contributed by atoms with van der Waals surface area (Å²) in [6.45, 7) is 5.82. The van der Waals surface area contributed by atoms with Crippen molar-refractivity contribution < 1.29 is 4.79 Å². The van der Waals surface area contributed by atoms with Gasteiger partial charge in [-0.2, -0.15) is 0 Å². The molecule has 0 radical (unpaired) electrons. The summed E-state index contributed by atoms with van der Waals surface area (Å²) in [6, 6.07) is 0. The molecule has 0 saturated heterocycles. The number of ketones is 1. The van der Waals surface area contributed by atoms with E-state index in [1.54, 1.807) is 13.0 Å². The molecule has 0 unspecified atom stereocenters.